The predicted octanol–water partition coefficient (Wildman–Crippen LogP) is 2.04. The van der Waals surface area contributed by atoms with Gasteiger partial charge in [-0.1, -0.05) is 22.2 Å². The summed E-state index contributed by atoms with van der Waals surface area (Å²) in [4.78, 5) is 11.7. The second kappa shape index (κ2) is 6.29. The van der Waals surface area contributed by atoms with Gasteiger partial charge in [0.25, 0.3) is 5.91 Å². The third kappa shape index (κ3) is 4.03. The Morgan fingerprint density at radius 1 is 1.42 bits per heavy atom. The molecule has 0 radical (unpaired) electrons. The van der Waals surface area contributed by atoms with Crippen molar-refractivity contribution < 1.29 is 9.53 Å². The number of aromatic nitrogens is 2. The molecule has 1 heterocycles. The van der Waals surface area contributed by atoms with Crippen LogP contribution in [0, 0.1) is 6.92 Å². The van der Waals surface area contributed by atoms with Crippen LogP contribution in [0.4, 0.5) is 0 Å². The lowest BCUT2D eigenvalue weighted by Gasteiger charge is -2.14. The van der Waals surface area contributed by atoms with Crippen molar-refractivity contribution >= 4 is 17.4 Å². The van der Waals surface area contributed by atoms with Gasteiger partial charge < -0.3 is 10.1 Å². The average Bonchev–Trinajstić information content (AvgIpc) is 2.92. The van der Waals surface area contributed by atoms with Crippen LogP contribution in [0.1, 0.15) is 23.0 Å². The minimum Gasteiger partial charge on any atom is -0.491 e. The smallest absolute Gasteiger partial charge is 0.273 e. The molecule has 1 atom stereocenters. The second-order valence-electron chi connectivity index (χ2n) is 4.29. The van der Waals surface area contributed by atoms with Gasteiger partial charge in [-0.25, -0.2) is 0 Å². The predicted molar refractivity (Wildman–Crippen MR) is 73.5 cm³/mol. The fraction of sp³-hybridized carbons (Fsp3) is 0.308. The summed E-state index contributed by atoms with van der Waals surface area (Å²) in [6.07, 6.45) is 0. The molecule has 0 aliphatic rings. The van der Waals surface area contributed by atoms with Crippen LogP contribution >= 0.6 is 11.5 Å². The van der Waals surface area contributed by atoms with Crippen LogP contribution in [0.2, 0.25) is 0 Å². The lowest BCUT2D eigenvalue weighted by molar-refractivity contribution is 0.0921. The first-order chi connectivity index (χ1) is 9.15. The largest absolute Gasteiger partial charge is 0.491 e. The van der Waals surface area contributed by atoms with Gasteiger partial charge in [0.2, 0.25) is 0 Å². The molecule has 100 valence electrons. The summed E-state index contributed by atoms with van der Waals surface area (Å²) in [6.45, 7) is 4.31. The highest BCUT2D eigenvalue weighted by molar-refractivity contribution is 7.03. The van der Waals surface area contributed by atoms with Crippen LogP contribution in [0.3, 0.4) is 0 Å². The molecule has 19 heavy (non-hydrogen) atoms. The topological polar surface area (TPSA) is 64.1 Å². The lowest BCUT2D eigenvalue weighted by atomic mass is 10.2. The van der Waals surface area contributed by atoms with Crippen molar-refractivity contribution in [1.29, 1.82) is 0 Å². The second-order valence-corrected chi connectivity index (χ2v) is 4.90. The molecule has 1 amide bonds. The summed E-state index contributed by atoms with van der Waals surface area (Å²) >= 11 is 1.15. The fourth-order valence-electron chi connectivity index (χ4n) is 1.46. The van der Waals surface area contributed by atoms with Crippen molar-refractivity contribution in [3.63, 3.8) is 0 Å². The summed E-state index contributed by atoms with van der Waals surface area (Å²) in [5.41, 5.74) is 1.52. The highest BCUT2D eigenvalue weighted by atomic mass is 32.1. The number of amides is 1. The Bertz CT molecular complexity index is 525. The Balaban J connectivity index is 1.80. The van der Waals surface area contributed by atoms with Gasteiger partial charge in [0.1, 0.15) is 12.4 Å². The number of hydrogen-bond donors (Lipinski definition) is 1. The van der Waals surface area contributed by atoms with Crippen molar-refractivity contribution in [3.05, 3.63) is 40.9 Å². The van der Waals surface area contributed by atoms with E-state index in [0.717, 1.165) is 17.3 Å². The Labute approximate surface area is 115 Å². The fourth-order valence-corrected chi connectivity index (χ4v) is 1.89. The number of benzene rings is 1. The molecule has 0 saturated carbocycles. The van der Waals surface area contributed by atoms with Gasteiger partial charge in [-0.2, -0.15) is 0 Å². The van der Waals surface area contributed by atoms with Gasteiger partial charge in [-0.05, 0) is 37.5 Å². The number of nitrogens with one attached hydrogen (secondary N) is 1. The van der Waals surface area contributed by atoms with Crippen LogP contribution in [0.25, 0.3) is 0 Å². The number of carbonyl (C=O) groups excluding carboxylic acids is 1. The Kier molecular flexibility index (Phi) is 4.46. The monoisotopic (exact) mass is 277 g/mol. The van der Waals surface area contributed by atoms with Gasteiger partial charge in [0.05, 0.1) is 6.04 Å². The zero-order valence-corrected chi connectivity index (χ0v) is 11.6. The number of carbonyl (C=O) groups is 1. The summed E-state index contributed by atoms with van der Waals surface area (Å²) < 4.78 is 9.24. The van der Waals surface area contributed by atoms with E-state index < -0.39 is 0 Å². The van der Waals surface area contributed by atoms with Crippen molar-refractivity contribution in [2.75, 3.05) is 6.61 Å². The maximum atomic E-state index is 11.7. The summed E-state index contributed by atoms with van der Waals surface area (Å²) in [5, 5.41) is 8.13. The number of aryl methyl sites for hydroxylation is 1. The molecule has 0 saturated heterocycles. The van der Waals surface area contributed by atoms with E-state index in [2.05, 4.69) is 14.9 Å². The molecule has 0 aliphatic heterocycles. The summed E-state index contributed by atoms with van der Waals surface area (Å²) in [6, 6.07) is 7.69. The zero-order chi connectivity index (χ0) is 13.7. The van der Waals surface area contributed by atoms with Crippen molar-refractivity contribution in [2.24, 2.45) is 0 Å². The maximum Gasteiger partial charge on any atom is 0.273 e. The Hall–Kier alpha value is -1.95. The maximum absolute atomic E-state index is 11.7. The van der Waals surface area contributed by atoms with Crippen LogP contribution in [0.15, 0.2) is 29.6 Å². The van der Waals surface area contributed by atoms with E-state index in [1.807, 2.05) is 38.1 Å². The molecule has 1 aromatic heterocycles. The molecule has 0 aliphatic carbocycles. The number of rotatable bonds is 5. The van der Waals surface area contributed by atoms with Gasteiger partial charge in [0.15, 0.2) is 5.69 Å². The van der Waals surface area contributed by atoms with Crippen LogP contribution in [-0.4, -0.2) is 28.1 Å². The molecule has 2 rings (SSSR count). The molecule has 0 spiro atoms. The molecule has 0 bridgehead atoms. The van der Waals surface area contributed by atoms with Crippen LogP contribution < -0.4 is 10.1 Å². The van der Waals surface area contributed by atoms with Crippen molar-refractivity contribution in [2.45, 2.75) is 19.9 Å². The minimum atomic E-state index is -0.228. The first-order valence-electron chi connectivity index (χ1n) is 5.92. The van der Waals surface area contributed by atoms with Gasteiger partial charge in [0, 0.05) is 5.38 Å². The van der Waals surface area contributed by atoms with Gasteiger partial charge in [-0.3, -0.25) is 4.79 Å². The molecule has 1 aromatic carbocycles. The van der Waals surface area contributed by atoms with E-state index >= 15 is 0 Å². The highest BCUT2D eigenvalue weighted by Crippen LogP contribution is 2.11. The third-order valence-corrected chi connectivity index (χ3v) is 3.00. The molecular formula is C13H15N3O2S. The molecular weight excluding hydrogens is 262 g/mol. The van der Waals surface area contributed by atoms with E-state index in [9.17, 15) is 4.79 Å². The molecule has 6 heteroatoms. The standard InChI is InChI=1S/C13H15N3O2S/c1-9-3-5-11(6-4-9)18-7-10(2)14-13(17)12-8-19-16-15-12/h3-6,8,10H,7H2,1-2H3,(H,14,17)/t10-/m1/s1. The molecule has 0 fully saturated rings. The minimum absolute atomic E-state index is 0.101. The number of hydrogen-bond acceptors (Lipinski definition) is 5. The van der Waals surface area contributed by atoms with Crippen molar-refractivity contribution in [1.82, 2.24) is 14.9 Å². The van der Waals surface area contributed by atoms with Gasteiger partial charge >= 0.3 is 0 Å². The molecule has 5 nitrogen and oxygen atoms in total. The first-order valence-corrected chi connectivity index (χ1v) is 6.76. The first kappa shape index (κ1) is 13.5. The number of nitrogens with zero attached hydrogens (tertiary/aromatic N) is 2. The Morgan fingerprint density at radius 3 is 2.79 bits per heavy atom. The van der Waals surface area contributed by atoms with Gasteiger partial charge in [-0.15, -0.1) is 5.10 Å². The lowest BCUT2D eigenvalue weighted by Crippen LogP contribution is -2.36. The van der Waals surface area contributed by atoms with E-state index in [-0.39, 0.29) is 11.9 Å². The molecule has 2 aromatic rings. The molecule has 1 N–H and O–H groups in total. The van der Waals surface area contributed by atoms with Crippen LogP contribution in [-0.2, 0) is 0 Å². The van der Waals surface area contributed by atoms with E-state index in [4.69, 9.17) is 4.74 Å². The highest BCUT2D eigenvalue weighted by Gasteiger charge is 2.12. The zero-order valence-electron chi connectivity index (χ0n) is 10.8. The van der Waals surface area contributed by atoms with E-state index in [1.54, 1.807) is 5.38 Å². The van der Waals surface area contributed by atoms with Crippen LogP contribution in [0.5, 0.6) is 5.75 Å². The van der Waals surface area contributed by atoms with Crippen molar-refractivity contribution in [3.8, 4) is 5.75 Å². The van der Waals surface area contributed by atoms with E-state index in [1.165, 1.54) is 5.56 Å². The van der Waals surface area contributed by atoms with E-state index in [0.29, 0.717) is 12.3 Å². The summed E-state index contributed by atoms with van der Waals surface area (Å²) in [7, 11) is 0. The number of ether oxygens (including phenoxy) is 1. The molecule has 0 unspecified atom stereocenters. The third-order valence-electron chi connectivity index (χ3n) is 2.49. The quantitative estimate of drug-likeness (QED) is 0.908. The average molecular weight is 277 g/mol. The summed E-state index contributed by atoms with van der Waals surface area (Å²) in [5.74, 6) is 0.566. The normalized spacial score (nSPS) is 11.9. The Morgan fingerprint density at radius 2 is 2.16 bits per heavy atom. The SMILES string of the molecule is Cc1ccc(OC[C@@H](C)NC(=O)c2csnn2)cc1.